The summed E-state index contributed by atoms with van der Waals surface area (Å²) in [6.45, 7) is 13.5. The van der Waals surface area contributed by atoms with Gasteiger partial charge in [-0.05, 0) is 18.4 Å². The summed E-state index contributed by atoms with van der Waals surface area (Å²) >= 11 is 0. The van der Waals surface area contributed by atoms with Crippen molar-refractivity contribution in [2.75, 3.05) is 0 Å². The normalized spacial score (nSPS) is 10.2. The Morgan fingerprint density at radius 2 is 1.39 bits per heavy atom. The number of ketones is 1. The van der Waals surface area contributed by atoms with Crippen molar-refractivity contribution in [3.8, 4) is 0 Å². The zero-order valence-electron chi connectivity index (χ0n) is 9.47. The van der Waals surface area contributed by atoms with Crippen molar-refractivity contribution in [2.45, 2.75) is 19.3 Å². The molecule has 0 amide bonds. The Kier molecular flexibility index (Phi) is 19.0. The first kappa shape index (κ1) is 21.9. The standard InChI is InChI=1S/C10H10O.3CO.Cr/c11-10-7-3-5-8-4-1-2-6-9(8)10;3*1-2;/h1-2,4,6H,3,5,7H2;;;;. The molecule has 18 heavy (non-hydrogen) atoms. The van der Waals surface area contributed by atoms with Gasteiger partial charge in [-0.25, -0.2) is 0 Å². The Balaban J connectivity index is -0.000000285. The number of carbonyl (C=O) groups is 1. The van der Waals surface area contributed by atoms with E-state index in [0.29, 0.717) is 5.78 Å². The van der Waals surface area contributed by atoms with E-state index in [2.05, 4.69) is 20.0 Å². The molecule has 0 atom stereocenters. The molecule has 0 N–H and O–H groups in total. The average molecular weight is 282 g/mol. The summed E-state index contributed by atoms with van der Waals surface area (Å²) in [6, 6.07) is 7.91. The number of fused-ring (bicyclic) bond motifs is 1. The molecule has 92 valence electrons. The quantitative estimate of drug-likeness (QED) is 0.530. The molecule has 1 aromatic rings. The number of rotatable bonds is 0. The van der Waals surface area contributed by atoms with Crippen LogP contribution >= 0.6 is 0 Å². The number of hydrogen-bond donors (Lipinski definition) is 0. The maximum absolute atomic E-state index is 11.3. The van der Waals surface area contributed by atoms with Crippen LogP contribution in [0.25, 0.3) is 0 Å². The van der Waals surface area contributed by atoms with Crippen LogP contribution in [0.15, 0.2) is 24.3 Å². The van der Waals surface area contributed by atoms with E-state index >= 15 is 0 Å². The van der Waals surface area contributed by atoms with Crippen molar-refractivity contribution in [3.63, 3.8) is 0 Å². The Morgan fingerprint density at radius 3 is 1.89 bits per heavy atom. The zero-order valence-corrected chi connectivity index (χ0v) is 10.7. The van der Waals surface area contributed by atoms with E-state index in [-0.39, 0.29) is 17.4 Å². The van der Waals surface area contributed by atoms with Crippen LogP contribution in [0, 0.1) is 20.0 Å². The smallest absolute Gasteiger partial charge is 0 e. The van der Waals surface area contributed by atoms with Crippen LogP contribution in [-0.4, -0.2) is 5.78 Å². The molecule has 1 aliphatic rings. The van der Waals surface area contributed by atoms with E-state index in [1.54, 1.807) is 0 Å². The molecule has 0 unspecified atom stereocenters. The third-order valence-electron chi connectivity index (χ3n) is 2.17. The summed E-state index contributed by atoms with van der Waals surface area (Å²) in [7, 11) is 0. The molecule has 0 saturated heterocycles. The van der Waals surface area contributed by atoms with E-state index < -0.39 is 0 Å². The van der Waals surface area contributed by atoms with Crippen LogP contribution in [0.4, 0.5) is 0 Å². The van der Waals surface area contributed by atoms with Crippen molar-refractivity contribution in [1.29, 1.82) is 0 Å². The predicted molar refractivity (Wildman–Crippen MR) is 55.5 cm³/mol. The number of Topliss-reactive ketones (excluding diaryl/α,β-unsaturated/α-hetero) is 1. The van der Waals surface area contributed by atoms with Gasteiger partial charge in [-0.3, -0.25) is 4.79 Å². The second-order valence-corrected chi connectivity index (χ2v) is 2.93. The minimum atomic E-state index is 0. The molecule has 0 saturated carbocycles. The first-order valence-electron chi connectivity index (χ1n) is 4.60. The minimum absolute atomic E-state index is 0. The fourth-order valence-electron chi connectivity index (χ4n) is 1.58. The topological polar surface area (TPSA) is 76.8 Å². The van der Waals surface area contributed by atoms with E-state index in [1.165, 1.54) is 5.56 Å². The van der Waals surface area contributed by atoms with Crippen LogP contribution < -0.4 is 0 Å². The summed E-state index contributed by atoms with van der Waals surface area (Å²) in [6.07, 6.45) is 2.83. The fraction of sp³-hybridized carbons (Fsp3) is 0.231. The van der Waals surface area contributed by atoms with Gasteiger partial charge in [0.15, 0.2) is 5.78 Å². The Hall–Kier alpha value is -1.36. The molecule has 2 rings (SSSR count). The van der Waals surface area contributed by atoms with Gasteiger partial charge in [0.2, 0.25) is 0 Å². The molecule has 0 radical (unpaired) electrons. The number of carbonyl (C=O) groups excluding carboxylic acids is 1. The molecule has 0 bridgehead atoms. The van der Waals surface area contributed by atoms with Crippen molar-refractivity contribution >= 4 is 5.78 Å². The van der Waals surface area contributed by atoms with Crippen molar-refractivity contribution in [1.82, 2.24) is 0 Å². The predicted octanol–water partition coefficient (Wildman–Crippen LogP) is 2.09. The minimum Gasteiger partial charge on any atom is 0 e. The van der Waals surface area contributed by atoms with E-state index in [0.717, 1.165) is 24.8 Å². The maximum Gasteiger partial charge on any atom is 0 e. The molecule has 0 fully saturated rings. The zero-order chi connectivity index (χ0) is 13.7. The van der Waals surface area contributed by atoms with Crippen LogP contribution in [0.5, 0.6) is 0 Å². The van der Waals surface area contributed by atoms with Crippen LogP contribution in [0.1, 0.15) is 28.8 Å². The van der Waals surface area contributed by atoms with E-state index in [4.69, 9.17) is 14.0 Å². The molecular formula is C13H10CrO4. The van der Waals surface area contributed by atoms with Gasteiger partial charge in [0.1, 0.15) is 0 Å². The Labute approximate surface area is 117 Å². The van der Waals surface area contributed by atoms with Crippen LogP contribution in [0.3, 0.4) is 0 Å². The van der Waals surface area contributed by atoms with Gasteiger partial charge in [0, 0.05) is 29.3 Å². The second-order valence-electron chi connectivity index (χ2n) is 2.93. The molecule has 5 heteroatoms. The molecule has 4 nitrogen and oxygen atoms in total. The monoisotopic (exact) mass is 282 g/mol. The average Bonchev–Trinajstić information content (AvgIpc) is 2.46. The number of benzene rings is 1. The van der Waals surface area contributed by atoms with E-state index in [9.17, 15) is 4.79 Å². The molecule has 0 heterocycles. The van der Waals surface area contributed by atoms with Crippen LogP contribution in [0.2, 0.25) is 0 Å². The summed E-state index contributed by atoms with van der Waals surface area (Å²) in [5, 5.41) is 0. The Bertz CT molecular complexity index is 393. The summed E-state index contributed by atoms with van der Waals surface area (Å²) < 4.78 is 22.5. The maximum atomic E-state index is 11.3. The van der Waals surface area contributed by atoms with Gasteiger partial charge < -0.3 is 0 Å². The second kappa shape index (κ2) is 15.6. The Morgan fingerprint density at radius 1 is 0.889 bits per heavy atom. The first-order valence-corrected chi connectivity index (χ1v) is 4.60. The first-order chi connectivity index (χ1) is 8.38. The SMILES string of the molecule is O=C1CCCc2ccccc21.[C-]#[O+].[C-]#[O+].[C-]#[O+].[Cr]. The molecule has 0 aliphatic heterocycles. The summed E-state index contributed by atoms with van der Waals surface area (Å²) in [4.78, 5) is 11.3. The largest absolute Gasteiger partial charge is 0 e. The van der Waals surface area contributed by atoms with Crippen LogP contribution in [-0.2, 0) is 37.7 Å². The molecular weight excluding hydrogens is 272 g/mol. The molecule has 0 spiro atoms. The summed E-state index contributed by atoms with van der Waals surface area (Å²) in [5.74, 6) is 0.312. The van der Waals surface area contributed by atoms with E-state index in [1.807, 2.05) is 24.3 Å². The third-order valence-corrected chi connectivity index (χ3v) is 2.17. The van der Waals surface area contributed by atoms with Gasteiger partial charge >= 0.3 is 33.9 Å². The van der Waals surface area contributed by atoms with Crippen molar-refractivity contribution in [3.05, 3.63) is 55.3 Å². The van der Waals surface area contributed by atoms with Gasteiger partial charge in [-0.2, -0.15) is 0 Å². The van der Waals surface area contributed by atoms with Gasteiger partial charge in [-0.15, -0.1) is 0 Å². The van der Waals surface area contributed by atoms with Gasteiger partial charge in [0.05, 0.1) is 0 Å². The van der Waals surface area contributed by atoms with Crippen molar-refractivity contribution in [2.24, 2.45) is 0 Å². The third kappa shape index (κ3) is 7.06. The molecule has 1 aromatic carbocycles. The van der Waals surface area contributed by atoms with Crippen molar-refractivity contribution < 1.29 is 36.1 Å². The van der Waals surface area contributed by atoms with Gasteiger partial charge in [-0.1, -0.05) is 24.3 Å². The molecule has 0 aromatic heterocycles. The van der Waals surface area contributed by atoms with Gasteiger partial charge in [0.25, 0.3) is 0 Å². The number of aryl methyl sites for hydroxylation is 1. The summed E-state index contributed by atoms with van der Waals surface area (Å²) in [5.41, 5.74) is 2.17. The number of hydrogen-bond acceptors (Lipinski definition) is 1. The fourth-order valence-corrected chi connectivity index (χ4v) is 1.58. The molecule has 1 aliphatic carbocycles.